The first kappa shape index (κ1) is 17.3. The van der Waals surface area contributed by atoms with Crippen molar-refractivity contribution in [2.45, 2.75) is 27.3 Å². The fourth-order valence-electron chi connectivity index (χ4n) is 3.27. The van der Waals surface area contributed by atoms with Crippen LogP contribution in [0.15, 0.2) is 18.6 Å². The highest BCUT2D eigenvalue weighted by Crippen LogP contribution is 2.19. The summed E-state index contributed by atoms with van der Waals surface area (Å²) in [6.45, 7) is 9.34. The Balaban J connectivity index is 1.43. The topological polar surface area (TPSA) is 96.5 Å². The minimum absolute atomic E-state index is 0.0924. The zero-order chi connectivity index (χ0) is 19.0. The van der Waals surface area contributed by atoms with E-state index in [0.29, 0.717) is 18.9 Å². The molecule has 0 aromatic carbocycles. The average molecular weight is 369 g/mol. The number of rotatable bonds is 3. The van der Waals surface area contributed by atoms with Gasteiger partial charge in [-0.05, 0) is 20.8 Å². The monoisotopic (exact) mass is 369 g/mol. The van der Waals surface area contributed by atoms with E-state index in [0.717, 1.165) is 42.5 Å². The molecule has 1 aliphatic rings. The lowest BCUT2D eigenvalue weighted by Gasteiger charge is -2.35. The Morgan fingerprint density at radius 2 is 2.00 bits per heavy atom. The lowest BCUT2D eigenvalue weighted by molar-refractivity contribution is 0.208. The molecule has 10 heteroatoms. The van der Waals surface area contributed by atoms with Gasteiger partial charge in [0.2, 0.25) is 0 Å². The van der Waals surface area contributed by atoms with Gasteiger partial charge in [-0.3, -0.25) is 4.68 Å². The summed E-state index contributed by atoms with van der Waals surface area (Å²) in [5.41, 5.74) is 2.48. The van der Waals surface area contributed by atoms with E-state index in [4.69, 9.17) is 0 Å². The van der Waals surface area contributed by atoms with Crippen LogP contribution >= 0.6 is 0 Å². The molecule has 4 heterocycles. The minimum Gasteiger partial charge on any atom is -0.353 e. The Bertz CT molecular complexity index is 968. The Morgan fingerprint density at radius 3 is 2.70 bits per heavy atom. The molecule has 0 aliphatic carbocycles. The number of hydrogen-bond acceptors (Lipinski definition) is 6. The smallest absolute Gasteiger partial charge is 0.322 e. The molecule has 1 aliphatic heterocycles. The first-order valence-corrected chi connectivity index (χ1v) is 9.07. The van der Waals surface area contributed by atoms with Gasteiger partial charge in [0.05, 0.1) is 11.4 Å². The van der Waals surface area contributed by atoms with E-state index in [1.165, 1.54) is 6.33 Å². The van der Waals surface area contributed by atoms with Crippen molar-refractivity contribution in [1.29, 1.82) is 0 Å². The van der Waals surface area contributed by atoms with E-state index >= 15 is 0 Å². The number of anilines is 2. The molecule has 1 N–H and O–H groups in total. The van der Waals surface area contributed by atoms with Crippen LogP contribution in [0.1, 0.15) is 18.3 Å². The number of fused-ring (bicyclic) bond motifs is 1. The second-order valence-corrected chi connectivity index (χ2v) is 6.62. The Hall–Kier alpha value is -3.17. The second kappa shape index (κ2) is 6.86. The summed E-state index contributed by atoms with van der Waals surface area (Å²) in [4.78, 5) is 25.2. The highest BCUT2D eigenvalue weighted by Gasteiger charge is 2.24. The van der Waals surface area contributed by atoms with Crippen LogP contribution in [-0.4, -0.2) is 66.5 Å². The molecule has 1 fully saturated rings. The van der Waals surface area contributed by atoms with Crippen molar-refractivity contribution in [3.63, 3.8) is 0 Å². The number of carbonyl (C=O) groups is 1. The molecule has 142 valence electrons. The maximum absolute atomic E-state index is 12.6. The third kappa shape index (κ3) is 3.29. The van der Waals surface area contributed by atoms with Crippen LogP contribution in [0.25, 0.3) is 5.78 Å². The maximum Gasteiger partial charge on any atom is 0.322 e. The highest BCUT2D eigenvalue weighted by molar-refractivity contribution is 5.89. The van der Waals surface area contributed by atoms with Crippen LogP contribution in [0.4, 0.5) is 16.3 Å². The van der Waals surface area contributed by atoms with Crippen LogP contribution in [0.3, 0.4) is 0 Å². The van der Waals surface area contributed by atoms with E-state index in [9.17, 15) is 4.79 Å². The number of nitrogens with one attached hydrogen (secondary N) is 1. The third-order valence-electron chi connectivity index (χ3n) is 4.76. The largest absolute Gasteiger partial charge is 0.353 e. The summed E-state index contributed by atoms with van der Waals surface area (Å²) in [6.07, 6.45) is 3.37. The quantitative estimate of drug-likeness (QED) is 0.748. The zero-order valence-electron chi connectivity index (χ0n) is 15.8. The number of aryl methyl sites for hydroxylation is 3. The van der Waals surface area contributed by atoms with Crippen molar-refractivity contribution >= 4 is 23.3 Å². The first-order valence-electron chi connectivity index (χ1n) is 9.07. The lowest BCUT2D eigenvalue weighted by atomic mass is 10.3. The summed E-state index contributed by atoms with van der Waals surface area (Å²) in [5, 5.41) is 11.6. The number of aromatic nitrogens is 6. The summed E-state index contributed by atoms with van der Waals surface area (Å²) in [6, 6.07) is 1.91. The van der Waals surface area contributed by atoms with Crippen molar-refractivity contribution in [3.05, 3.63) is 30.0 Å². The van der Waals surface area contributed by atoms with Gasteiger partial charge in [0.15, 0.2) is 0 Å². The molecule has 0 spiro atoms. The summed E-state index contributed by atoms with van der Waals surface area (Å²) < 4.78 is 3.56. The van der Waals surface area contributed by atoms with Crippen molar-refractivity contribution in [1.82, 2.24) is 34.3 Å². The van der Waals surface area contributed by atoms with Crippen LogP contribution < -0.4 is 10.2 Å². The van der Waals surface area contributed by atoms with E-state index in [2.05, 4.69) is 30.4 Å². The highest BCUT2D eigenvalue weighted by atomic mass is 16.2. The van der Waals surface area contributed by atoms with Gasteiger partial charge in [0.1, 0.15) is 12.1 Å². The van der Waals surface area contributed by atoms with Gasteiger partial charge >= 0.3 is 6.03 Å². The van der Waals surface area contributed by atoms with Gasteiger partial charge in [-0.2, -0.15) is 19.7 Å². The van der Waals surface area contributed by atoms with Gasteiger partial charge in [-0.25, -0.2) is 9.78 Å². The van der Waals surface area contributed by atoms with E-state index in [1.54, 1.807) is 4.52 Å². The van der Waals surface area contributed by atoms with Crippen LogP contribution in [0.5, 0.6) is 0 Å². The van der Waals surface area contributed by atoms with Gasteiger partial charge < -0.3 is 15.1 Å². The van der Waals surface area contributed by atoms with E-state index in [-0.39, 0.29) is 6.03 Å². The number of piperazine rings is 1. The Labute approximate surface area is 156 Å². The second-order valence-electron chi connectivity index (χ2n) is 6.62. The third-order valence-corrected chi connectivity index (χ3v) is 4.76. The van der Waals surface area contributed by atoms with Crippen molar-refractivity contribution < 1.29 is 4.79 Å². The number of carbonyl (C=O) groups excluding carboxylic acids is 1. The molecule has 0 unspecified atom stereocenters. The van der Waals surface area contributed by atoms with E-state index < -0.39 is 0 Å². The molecule has 2 amide bonds. The molecule has 10 nitrogen and oxygen atoms in total. The lowest BCUT2D eigenvalue weighted by Crippen LogP contribution is -2.50. The molecular formula is C17H23N9O. The Kier molecular flexibility index (Phi) is 4.38. The molecule has 0 atom stereocenters. The van der Waals surface area contributed by atoms with Crippen molar-refractivity contribution in [3.8, 4) is 0 Å². The molecule has 0 bridgehead atoms. The predicted octanol–water partition coefficient (Wildman–Crippen LogP) is 1.31. The fourth-order valence-corrected chi connectivity index (χ4v) is 3.27. The minimum atomic E-state index is -0.0924. The molecule has 4 rings (SSSR count). The SMILES string of the molecule is CCn1cc(NC(=O)N2CCN(c3cc(C)nc4ncnn34)CC2)c(C)n1. The molecule has 3 aromatic heterocycles. The summed E-state index contributed by atoms with van der Waals surface area (Å²) in [7, 11) is 0. The zero-order valence-corrected chi connectivity index (χ0v) is 15.8. The van der Waals surface area contributed by atoms with Gasteiger partial charge in [-0.15, -0.1) is 0 Å². The summed E-state index contributed by atoms with van der Waals surface area (Å²) in [5.74, 6) is 1.55. The predicted molar refractivity (Wildman–Crippen MR) is 101 cm³/mol. The van der Waals surface area contributed by atoms with Crippen molar-refractivity contribution in [2.24, 2.45) is 0 Å². The fraction of sp³-hybridized carbons (Fsp3) is 0.471. The Morgan fingerprint density at radius 1 is 1.22 bits per heavy atom. The number of nitrogens with zero attached hydrogens (tertiary/aromatic N) is 8. The maximum atomic E-state index is 12.6. The van der Waals surface area contributed by atoms with Gasteiger partial charge in [0.25, 0.3) is 5.78 Å². The summed E-state index contributed by atoms with van der Waals surface area (Å²) >= 11 is 0. The van der Waals surface area contributed by atoms with Crippen LogP contribution in [0, 0.1) is 13.8 Å². The van der Waals surface area contributed by atoms with Gasteiger partial charge in [0, 0.05) is 50.7 Å². The molecular weight excluding hydrogens is 346 g/mol. The first-order chi connectivity index (χ1) is 13.0. The number of hydrogen-bond donors (Lipinski definition) is 1. The van der Waals surface area contributed by atoms with Crippen molar-refractivity contribution in [2.75, 3.05) is 36.4 Å². The van der Waals surface area contributed by atoms with E-state index in [1.807, 2.05) is 42.6 Å². The number of urea groups is 1. The normalized spacial score (nSPS) is 14.8. The van der Waals surface area contributed by atoms with Crippen LogP contribution in [0.2, 0.25) is 0 Å². The molecule has 0 saturated carbocycles. The van der Waals surface area contributed by atoms with Crippen LogP contribution in [-0.2, 0) is 6.54 Å². The average Bonchev–Trinajstić information content (AvgIpc) is 3.27. The molecule has 1 saturated heterocycles. The van der Waals surface area contributed by atoms with Gasteiger partial charge in [-0.1, -0.05) is 0 Å². The number of amides is 2. The molecule has 3 aromatic rings. The standard InChI is InChI=1S/C17H23N9O/c1-4-25-10-14(13(3)22-25)21-17(27)24-7-5-23(6-8-24)15-9-12(2)20-16-18-11-19-26(15)16/h9-11H,4-8H2,1-3H3,(H,21,27). The molecule has 0 radical (unpaired) electrons. The molecule has 27 heavy (non-hydrogen) atoms.